The van der Waals surface area contributed by atoms with Crippen LogP contribution in [0.25, 0.3) is 0 Å². The third-order valence-corrected chi connectivity index (χ3v) is 4.83. The van der Waals surface area contributed by atoms with Gasteiger partial charge in [-0.2, -0.15) is 5.10 Å². The molecular formula is C19H17Cl2FN4S. The number of hydrogen-bond acceptors (Lipinski definition) is 2. The van der Waals surface area contributed by atoms with Crippen LogP contribution in [0.15, 0.2) is 54.7 Å². The first-order valence-electron chi connectivity index (χ1n) is 8.22. The molecule has 0 aliphatic carbocycles. The molecule has 0 spiro atoms. The molecule has 3 rings (SSSR count). The van der Waals surface area contributed by atoms with Crippen LogP contribution in [0.1, 0.15) is 24.1 Å². The Morgan fingerprint density at radius 2 is 1.89 bits per heavy atom. The van der Waals surface area contributed by atoms with E-state index in [0.717, 1.165) is 5.56 Å². The predicted molar refractivity (Wildman–Crippen MR) is 112 cm³/mol. The van der Waals surface area contributed by atoms with Crippen LogP contribution in [0.3, 0.4) is 0 Å². The van der Waals surface area contributed by atoms with Crippen LogP contribution in [-0.2, 0) is 6.54 Å². The van der Waals surface area contributed by atoms with Crippen molar-refractivity contribution in [2.75, 3.05) is 5.32 Å². The molecule has 0 fully saturated rings. The summed E-state index contributed by atoms with van der Waals surface area (Å²) in [4.78, 5) is 0. The van der Waals surface area contributed by atoms with Crippen molar-refractivity contribution in [2.45, 2.75) is 19.5 Å². The minimum Gasteiger partial charge on any atom is -0.356 e. The van der Waals surface area contributed by atoms with Gasteiger partial charge in [-0.1, -0.05) is 59.6 Å². The van der Waals surface area contributed by atoms with Gasteiger partial charge in [0.1, 0.15) is 10.8 Å². The number of rotatable bonds is 5. The maximum Gasteiger partial charge on any atom is 0.173 e. The van der Waals surface area contributed by atoms with E-state index < -0.39 is 5.82 Å². The van der Waals surface area contributed by atoms with Crippen molar-refractivity contribution in [2.24, 2.45) is 0 Å². The highest BCUT2D eigenvalue weighted by Gasteiger charge is 2.13. The number of thiocarbonyl (C=S) groups is 1. The normalized spacial score (nSPS) is 11.9. The summed E-state index contributed by atoms with van der Waals surface area (Å²) in [6.45, 7) is 2.16. The van der Waals surface area contributed by atoms with Gasteiger partial charge in [-0.15, -0.1) is 0 Å². The molecule has 4 nitrogen and oxygen atoms in total. The Balaban J connectivity index is 1.67. The van der Waals surface area contributed by atoms with Crippen molar-refractivity contribution in [3.63, 3.8) is 0 Å². The lowest BCUT2D eigenvalue weighted by Gasteiger charge is -2.16. The SMILES string of the molecule is CC(NC(=S)Nc1nn(Cc2c(F)cccc2Cl)cc1Cl)c1ccccc1. The molecule has 2 N–H and O–H groups in total. The average molecular weight is 423 g/mol. The van der Waals surface area contributed by atoms with Gasteiger partial charge < -0.3 is 10.6 Å². The van der Waals surface area contributed by atoms with Crippen LogP contribution in [0.5, 0.6) is 0 Å². The van der Waals surface area contributed by atoms with E-state index >= 15 is 0 Å². The van der Waals surface area contributed by atoms with Crippen molar-refractivity contribution < 1.29 is 4.39 Å². The Labute approximate surface area is 172 Å². The molecule has 0 amide bonds. The van der Waals surface area contributed by atoms with Gasteiger partial charge in [-0.05, 0) is 36.8 Å². The minimum absolute atomic E-state index is 0.0179. The van der Waals surface area contributed by atoms with E-state index in [1.165, 1.54) is 10.7 Å². The third-order valence-electron chi connectivity index (χ3n) is 3.98. The molecule has 3 aromatic rings. The fraction of sp³-hybridized carbons (Fsp3) is 0.158. The Morgan fingerprint density at radius 1 is 1.15 bits per heavy atom. The first-order chi connectivity index (χ1) is 12.9. The molecule has 0 aliphatic heterocycles. The molecule has 1 unspecified atom stereocenters. The highest BCUT2D eigenvalue weighted by molar-refractivity contribution is 7.80. The molecule has 2 aromatic carbocycles. The van der Waals surface area contributed by atoms with Crippen LogP contribution < -0.4 is 10.6 Å². The Bertz CT molecular complexity index is 926. The number of halogens is 3. The van der Waals surface area contributed by atoms with E-state index in [2.05, 4.69) is 15.7 Å². The van der Waals surface area contributed by atoms with E-state index in [1.54, 1.807) is 18.3 Å². The van der Waals surface area contributed by atoms with Crippen molar-refractivity contribution in [1.29, 1.82) is 0 Å². The van der Waals surface area contributed by atoms with E-state index in [9.17, 15) is 4.39 Å². The Morgan fingerprint density at radius 3 is 2.59 bits per heavy atom. The monoisotopic (exact) mass is 422 g/mol. The van der Waals surface area contributed by atoms with E-state index in [4.69, 9.17) is 35.4 Å². The quantitative estimate of drug-likeness (QED) is 0.538. The molecule has 0 saturated carbocycles. The van der Waals surface area contributed by atoms with Gasteiger partial charge in [-0.25, -0.2) is 4.39 Å². The van der Waals surface area contributed by atoms with Crippen molar-refractivity contribution >= 4 is 46.4 Å². The molecule has 0 bridgehead atoms. The molecule has 1 heterocycles. The summed E-state index contributed by atoms with van der Waals surface area (Å²) >= 11 is 17.6. The number of anilines is 1. The molecule has 0 radical (unpaired) electrons. The lowest BCUT2D eigenvalue weighted by molar-refractivity contribution is 0.586. The number of nitrogens with one attached hydrogen (secondary N) is 2. The lowest BCUT2D eigenvalue weighted by atomic mass is 10.1. The summed E-state index contributed by atoms with van der Waals surface area (Å²) < 4.78 is 15.5. The second kappa shape index (κ2) is 8.69. The largest absolute Gasteiger partial charge is 0.356 e. The topological polar surface area (TPSA) is 41.9 Å². The molecule has 8 heteroatoms. The Hall–Kier alpha value is -2.15. The zero-order valence-corrected chi connectivity index (χ0v) is 16.7. The van der Waals surface area contributed by atoms with Crippen LogP contribution in [0.4, 0.5) is 10.2 Å². The van der Waals surface area contributed by atoms with Gasteiger partial charge in [0.25, 0.3) is 0 Å². The summed E-state index contributed by atoms with van der Waals surface area (Å²) in [6.07, 6.45) is 1.59. The van der Waals surface area contributed by atoms with Gasteiger partial charge in [0, 0.05) is 16.8 Å². The summed E-state index contributed by atoms with van der Waals surface area (Å²) in [7, 11) is 0. The number of benzene rings is 2. The fourth-order valence-electron chi connectivity index (χ4n) is 2.57. The summed E-state index contributed by atoms with van der Waals surface area (Å²) in [5.41, 5.74) is 1.45. The van der Waals surface area contributed by atoms with Crippen molar-refractivity contribution in [3.05, 3.63) is 81.7 Å². The van der Waals surface area contributed by atoms with E-state index in [0.29, 0.717) is 26.5 Å². The molecule has 27 heavy (non-hydrogen) atoms. The van der Waals surface area contributed by atoms with Crippen molar-refractivity contribution in [3.8, 4) is 0 Å². The van der Waals surface area contributed by atoms with Gasteiger partial charge in [0.15, 0.2) is 10.9 Å². The van der Waals surface area contributed by atoms with Crippen LogP contribution >= 0.6 is 35.4 Å². The van der Waals surface area contributed by atoms with Gasteiger partial charge in [0.2, 0.25) is 0 Å². The first-order valence-corrected chi connectivity index (χ1v) is 9.38. The summed E-state index contributed by atoms with van der Waals surface area (Å²) in [6, 6.07) is 14.5. The molecule has 0 saturated heterocycles. The molecule has 1 aromatic heterocycles. The van der Waals surface area contributed by atoms with Crippen LogP contribution in [-0.4, -0.2) is 14.9 Å². The first kappa shape index (κ1) is 19.6. The lowest BCUT2D eigenvalue weighted by Crippen LogP contribution is -2.31. The number of hydrogen-bond donors (Lipinski definition) is 2. The van der Waals surface area contributed by atoms with Gasteiger partial charge in [0.05, 0.1) is 12.6 Å². The minimum atomic E-state index is -0.391. The maximum absolute atomic E-state index is 14.0. The molecule has 140 valence electrons. The predicted octanol–water partition coefficient (Wildman–Crippen LogP) is 5.42. The maximum atomic E-state index is 14.0. The zero-order valence-electron chi connectivity index (χ0n) is 14.4. The van der Waals surface area contributed by atoms with Gasteiger partial charge in [-0.3, -0.25) is 4.68 Å². The second-order valence-electron chi connectivity index (χ2n) is 5.95. The van der Waals surface area contributed by atoms with Crippen LogP contribution in [0, 0.1) is 5.82 Å². The summed E-state index contributed by atoms with van der Waals surface area (Å²) in [5, 5.41) is 11.6. The summed E-state index contributed by atoms with van der Waals surface area (Å²) in [5.74, 6) is -0.000560. The van der Waals surface area contributed by atoms with E-state index in [1.807, 2.05) is 37.3 Å². The number of aromatic nitrogens is 2. The highest BCUT2D eigenvalue weighted by atomic mass is 35.5. The highest BCUT2D eigenvalue weighted by Crippen LogP contribution is 2.24. The fourth-order valence-corrected chi connectivity index (χ4v) is 3.27. The average Bonchev–Trinajstić information content (AvgIpc) is 2.98. The second-order valence-corrected chi connectivity index (χ2v) is 7.18. The van der Waals surface area contributed by atoms with Crippen LogP contribution in [0.2, 0.25) is 10.0 Å². The Kier molecular flexibility index (Phi) is 6.31. The standard InChI is InChI=1S/C19H17Cl2FN4S/c1-12(13-6-3-2-4-7-13)23-19(27)24-18-16(21)11-26(25-18)10-14-15(20)8-5-9-17(14)22/h2-9,11-12H,10H2,1H3,(H2,23,24,25,27). The van der Waals surface area contributed by atoms with E-state index in [-0.39, 0.29) is 12.6 Å². The number of nitrogens with zero attached hydrogens (tertiary/aromatic N) is 2. The zero-order chi connectivity index (χ0) is 19.4. The molecule has 0 aliphatic rings. The third kappa shape index (κ3) is 4.97. The van der Waals surface area contributed by atoms with Crippen molar-refractivity contribution in [1.82, 2.24) is 15.1 Å². The van der Waals surface area contributed by atoms with Gasteiger partial charge >= 0.3 is 0 Å². The molecule has 1 atom stereocenters. The molecular weight excluding hydrogens is 406 g/mol. The smallest absolute Gasteiger partial charge is 0.173 e.